The molecule has 6 rings (SSSR count). The van der Waals surface area contributed by atoms with Gasteiger partial charge in [0, 0.05) is 23.0 Å². The normalized spacial score (nSPS) is 24.1. The van der Waals surface area contributed by atoms with Crippen molar-refractivity contribution in [3.63, 3.8) is 0 Å². The number of nitrogens with zero attached hydrogens (tertiary/aromatic N) is 4. The third-order valence-corrected chi connectivity index (χ3v) is 8.87. The second-order valence-electron chi connectivity index (χ2n) is 10.9. The molecule has 1 aromatic heterocycles. The molecule has 1 saturated heterocycles. The summed E-state index contributed by atoms with van der Waals surface area (Å²) in [4.78, 5) is 40.6. The summed E-state index contributed by atoms with van der Waals surface area (Å²) in [5.41, 5.74) is 0.152. The minimum absolute atomic E-state index is 0.00522. The van der Waals surface area contributed by atoms with Crippen LogP contribution in [0.1, 0.15) is 36.9 Å². The number of hydrogen-bond acceptors (Lipinski definition) is 6. The number of anilines is 1. The molecule has 3 heterocycles. The number of aromatic nitrogens is 2. The number of carbonyl (C=O) groups excluding carboxylic acids is 3. The zero-order valence-electron chi connectivity index (χ0n) is 23.9. The number of ether oxygens (including phenoxy) is 1. The van der Waals surface area contributed by atoms with Crippen LogP contribution in [0, 0.1) is 13.8 Å². The number of rotatable bonds is 6. The second-order valence-corrected chi connectivity index (χ2v) is 12.1. The van der Waals surface area contributed by atoms with Crippen LogP contribution in [0.4, 0.5) is 5.69 Å². The van der Waals surface area contributed by atoms with E-state index in [4.69, 9.17) is 39.5 Å². The highest BCUT2D eigenvalue weighted by atomic mass is 35.5. The molecule has 2 aromatic carbocycles. The van der Waals surface area contributed by atoms with Crippen LogP contribution in [0.3, 0.4) is 0 Å². The molecule has 13 heteroatoms. The van der Waals surface area contributed by atoms with Gasteiger partial charge < -0.3 is 15.4 Å². The average molecular weight is 654 g/mol. The molecule has 3 unspecified atom stereocenters. The SMILES string of the molecule is CCC1(Oc2ccc(C)cc2C)C(=O)NC12C=C(C(=O)NC1=NN(c3c(Cl)cc(Cl)cc3Cl)C(=O)C1n1cccn1)C=CC2. The number of halogens is 3. The molecule has 2 N–H and O–H groups in total. The van der Waals surface area contributed by atoms with Gasteiger partial charge in [0.15, 0.2) is 11.9 Å². The van der Waals surface area contributed by atoms with Crippen molar-refractivity contribution < 1.29 is 19.1 Å². The Morgan fingerprint density at radius 1 is 1.16 bits per heavy atom. The Kier molecular flexibility index (Phi) is 7.55. The van der Waals surface area contributed by atoms with Crippen LogP contribution < -0.4 is 20.4 Å². The van der Waals surface area contributed by atoms with Gasteiger partial charge in [0.25, 0.3) is 17.7 Å². The third kappa shape index (κ3) is 4.77. The molecule has 2 aliphatic heterocycles. The van der Waals surface area contributed by atoms with Gasteiger partial charge in [-0.3, -0.25) is 19.1 Å². The predicted octanol–water partition coefficient (Wildman–Crippen LogP) is 5.46. The predicted molar refractivity (Wildman–Crippen MR) is 168 cm³/mol. The maximum Gasteiger partial charge on any atom is 0.280 e. The van der Waals surface area contributed by atoms with E-state index in [1.54, 1.807) is 24.4 Å². The standard InChI is InChI=1S/C31H27Cl3N6O4/c1-4-31(44-23-9-8-17(2)13-18(23)3)29(43)37-30(31)10-5-7-19(16-30)27(41)36-26-25(39-12-6-11-35-39)28(42)40(38-26)24-21(33)14-20(32)15-22(24)34/h5-9,11-16,25H,4,10H2,1-3H3,(H,37,43)(H,36,38,41). The van der Waals surface area contributed by atoms with Crippen molar-refractivity contribution in [3.05, 3.63) is 98.8 Å². The highest BCUT2D eigenvalue weighted by Crippen LogP contribution is 2.46. The topological polar surface area (TPSA) is 118 Å². The van der Waals surface area contributed by atoms with Crippen LogP contribution in [0.25, 0.3) is 0 Å². The average Bonchev–Trinajstić information content (AvgIpc) is 3.60. The Hall–Kier alpha value is -4.12. The minimum Gasteiger partial charge on any atom is -0.474 e. The van der Waals surface area contributed by atoms with Crippen molar-refractivity contribution in [2.75, 3.05) is 5.01 Å². The number of amides is 3. The highest BCUT2D eigenvalue weighted by molar-refractivity contribution is 6.43. The Morgan fingerprint density at radius 3 is 2.55 bits per heavy atom. The van der Waals surface area contributed by atoms with E-state index in [0.29, 0.717) is 18.6 Å². The van der Waals surface area contributed by atoms with Crippen molar-refractivity contribution in [3.8, 4) is 5.75 Å². The maximum absolute atomic E-state index is 13.8. The third-order valence-electron chi connectivity index (χ3n) is 8.07. The van der Waals surface area contributed by atoms with Gasteiger partial charge in [-0.2, -0.15) is 10.1 Å². The first-order valence-electron chi connectivity index (χ1n) is 13.8. The molecule has 1 fully saturated rings. The number of carbonyl (C=O) groups is 3. The first-order chi connectivity index (χ1) is 21.0. The number of hydrogen-bond donors (Lipinski definition) is 2. The van der Waals surface area contributed by atoms with Gasteiger partial charge in [-0.25, -0.2) is 0 Å². The van der Waals surface area contributed by atoms with E-state index in [0.717, 1.165) is 16.1 Å². The summed E-state index contributed by atoms with van der Waals surface area (Å²) >= 11 is 18.9. The smallest absolute Gasteiger partial charge is 0.280 e. The van der Waals surface area contributed by atoms with Gasteiger partial charge in [-0.1, -0.05) is 71.6 Å². The lowest BCUT2D eigenvalue weighted by molar-refractivity contribution is -0.165. The van der Waals surface area contributed by atoms with Gasteiger partial charge in [-0.15, -0.1) is 5.10 Å². The molecule has 226 valence electrons. The monoisotopic (exact) mass is 652 g/mol. The molecule has 3 amide bonds. The van der Waals surface area contributed by atoms with Crippen molar-refractivity contribution in [1.29, 1.82) is 0 Å². The number of benzene rings is 2. The van der Waals surface area contributed by atoms with Gasteiger partial charge >= 0.3 is 0 Å². The summed E-state index contributed by atoms with van der Waals surface area (Å²) in [5, 5.41) is 15.9. The van der Waals surface area contributed by atoms with E-state index in [9.17, 15) is 14.4 Å². The largest absolute Gasteiger partial charge is 0.474 e. The molecular formula is C31H27Cl3N6O4. The molecule has 3 atom stereocenters. The fraction of sp³-hybridized carbons (Fsp3) is 0.258. The quantitative estimate of drug-likeness (QED) is 0.343. The molecule has 0 saturated carbocycles. The molecular weight excluding hydrogens is 627 g/mol. The van der Waals surface area contributed by atoms with Gasteiger partial charge in [-0.05, 0) is 62.6 Å². The number of hydrazone groups is 1. The van der Waals surface area contributed by atoms with Gasteiger partial charge in [0.1, 0.15) is 17.0 Å². The van der Waals surface area contributed by atoms with E-state index in [1.807, 2.05) is 45.0 Å². The summed E-state index contributed by atoms with van der Waals surface area (Å²) < 4.78 is 7.84. The van der Waals surface area contributed by atoms with E-state index in [2.05, 4.69) is 20.8 Å². The molecule has 10 nitrogen and oxygen atoms in total. The van der Waals surface area contributed by atoms with Gasteiger partial charge in [0.05, 0.1) is 10.0 Å². The number of amidine groups is 1. The first-order valence-corrected chi connectivity index (χ1v) is 15.0. The summed E-state index contributed by atoms with van der Waals surface area (Å²) in [6.07, 6.45) is 9.06. The fourth-order valence-corrected chi connectivity index (χ4v) is 6.86. The van der Waals surface area contributed by atoms with Crippen molar-refractivity contribution >= 4 is 64.0 Å². The Labute approximate surface area is 268 Å². The lowest BCUT2D eigenvalue weighted by Crippen LogP contribution is -2.83. The van der Waals surface area contributed by atoms with E-state index in [-0.39, 0.29) is 38.1 Å². The molecule has 3 aromatic rings. The Morgan fingerprint density at radius 2 is 1.91 bits per heavy atom. The molecule has 1 spiro atoms. The van der Waals surface area contributed by atoms with Crippen molar-refractivity contribution in [1.82, 2.24) is 20.4 Å². The van der Waals surface area contributed by atoms with Crippen molar-refractivity contribution in [2.24, 2.45) is 5.10 Å². The highest BCUT2D eigenvalue weighted by Gasteiger charge is 2.66. The lowest BCUT2D eigenvalue weighted by Gasteiger charge is -2.56. The summed E-state index contributed by atoms with van der Waals surface area (Å²) in [7, 11) is 0. The van der Waals surface area contributed by atoms with Gasteiger partial charge in [0.2, 0.25) is 5.60 Å². The minimum atomic E-state index is -1.24. The second kappa shape index (κ2) is 11.1. The molecule has 1 aliphatic carbocycles. The molecule has 3 aliphatic rings. The number of β-lactam (4-membered cyclic amide) rings is 1. The maximum atomic E-state index is 13.8. The number of aryl methyl sites for hydroxylation is 2. The van der Waals surface area contributed by atoms with Crippen molar-refractivity contribution in [2.45, 2.75) is 50.8 Å². The van der Waals surface area contributed by atoms with E-state index >= 15 is 0 Å². The summed E-state index contributed by atoms with van der Waals surface area (Å²) in [6.45, 7) is 5.79. The lowest BCUT2D eigenvalue weighted by atomic mass is 9.65. The molecule has 0 bridgehead atoms. The number of nitrogens with one attached hydrogen (secondary N) is 2. The summed E-state index contributed by atoms with van der Waals surface area (Å²) in [6, 6.07) is 9.20. The zero-order valence-corrected chi connectivity index (χ0v) is 26.2. The van der Waals surface area contributed by atoms with Crippen LogP contribution in [0.15, 0.2) is 77.7 Å². The van der Waals surface area contributed by atoms with E-state index in [1.165, 1.54) is 23.0 Å². The molecule has 0 radical (unpaired) electrons. The van der Waals surface area contributed by atoms with E-state index < -0.39 is 29.0 Å². The summed E-state index contributed by atoms with van der Waals surface area (Å²) in [5.74, 6) is -0.746. The van der Waals surface area contributed by atoms with Crippen LogP contribution in [-0.4, -0.2) is 44.5 Å². The first kappa shape index (κ1) is 29.9. The Bertz CT molecular complexity index is 1780. The van der Waals surface area contributed by atoms with Crippen LogP contribution >= 0.6 is 34.8 Å². The van der Waals surface area contributed by atoms with Crippen LogP contribution in [0.2, 0.25) is 15.1 Å². The Balaban J connectivity index is 1.33. The van der Waals surface area contributed by atoms with Crippen LogP contribution in [-0.2, 0) is 14.4 Å². The van der Waals surface area contributed by atoms with Crippen LogP contribution in [0.5, 0.6) is 5.75 Å². The fourth-order valence-electron chi connectivity index (χ4n) is 5.88. The molecule has 44 heavy (non-hydrogen) atoms. The zero-order chi connectivity index (χ0) is 31.4.